The lowest BCUT2D eigenvalue weighted by Crippen LogP contribution is -2.47. The van der Waals surface area contributed by atoms with Crippen molar-refractivity contribution in [1.29, 1.82) is 0 Å². The smallest absolute Gasteiger partial charge is 0.335 e. The number of carboxylic acid groups (broad SMARTS) is 1. The number of rotatable bonds is 5. The summed E-state index contributed by atoms with van der Waals surface area (Å²) in [6, 6.07) is 20.3. The summed E-state index contributed by atoms with van der Waals surface area (Å²) in [5, 5.41) is 9.42. The van der Waals surface area contributed by atoms with Gasteiger partial charge in [0, 0.05) is 29.9 Å². The lowest BCUT2D eigenvalue weighted by Gasteiger charge is -2.43. The molecule has 4 rings (SSSR count). The van der Waals surface area contributed by atoms with E-state index in [1.807, 2.05) is 31.2 Å². The molecule has 0 saturated carbocycles. The number of amides is 2. The van der Waals surface area contributed by atoms with Crippen LogP contribution in [-0.4, -0.2) is 36.0 Å². The summed E-state index contributed by atoms with van der Waals surface area (Å²) < 4.78 is 5.20. The molecular formula is C27H26N2O5. The zero-order chi connectivity index (χ0) is 24.4. The second-order valence-electron chi connectivity index (χ2n) is 8.31. The van der Waals surface area contributed by atoms with Crippen molar-refractivity contribution in [3.63, 3.8) is 0 Å². The van der Waals surface area contributed by atoms with Gasteiger partial charge in [-0.2, -0.15) is 0 Å². The number of anilines is 2. The van der Waals surface area contributed by atoms with E-state index in [2.05, 4.69) is 0 Å². The minimum absolute atomic E-state index is 0.109. The molecule has 34 heavy (non-hydrogen) atoms. The van der Waals surface area contributed by atoms with E-state index in [4.69, 9.17) is 4.74 Å². The van der Waals surface area contributed by atoms with Crippen LogP contribution < -0.4 is 14.5 Å². The summed E-state index contributed by atoms with van der Waals surface area (Å²) >= 11 is 0. The van der Waals surface area contributed by atoms with E-state index in [-0.39, 0.29) is 29.5 Å². The fourth-order valence-electron chi connectivity index (χ4n) is 4.58. The molecule has 7 nitrogen and oxygen atoms in total. The van der Waals surface area contributed by atoms with Crippen LogP contribution in [0.2, 0.25) is 0 Å². The Hall–Kier alpha value is -4.13. The van der Waals surface area contributed by atoms with Crippen LogP contribution >= 0.6 is 0 Å². The molecule has 1 aliphatic rings. The third kappa shape index (κ3) is 4.24. The molecule has 1 heterocycles. The van der Waals surface area contributed by atoms with Crippen LogP contribution in [0.3, 0.4) is 0 Å². The lowest BCUT2D eigenvalue weighted by molar-refractivity contribution is -0.117. The number of aromatic carboxylic acids is 1. The Morgan fingerprint density at radius 2 is 1.68 bits per heavy atom. The highest BCUT2D eigenvalue weighted by Gasteiger charge is 2.38. The third-order valence-corrected chi connectivity index (χ3v) is 6.14. The van der Waals surface area contributed by atoms with Gasteiger partial charge in [0.2, 0.25) is 5.91 Å². The molecule has 7 heteroatoms. The number of fused-ring (bicyclic) bond motifs is 1. The van der Waals surface area contributed by atoms with Crippen molar-refractivity contribution >= 4 is 29.2 Å². The molecule has 2 atom stereocenters. The molecule has 0 saturated heterocycles. The van der Waals surface area contributed by atoms with Crippen LogP contribution in [0, 0.1) is 0 Å². The Kier molecular flexibility index (Phi) is 6.36. The van der Waals surface area contributed by atoms with Gasteiger partial charge < -0.3 is 19.6 Å². The van der Waals surface area contributed by atoms with Crippen molar-refractivity contribution in [2.45, 2.75) is 32.4 Å². The SMILES string of the molecule is COc1ccc(C(=O)N2c3ccccc3[C@@H](N(C(C)=O)c3cccc(C(=O)O)c3)C[C@H]2C)cc1. The highest BCUT2D eigenvalue weighted by atomic mass is 16.5. The van der Waals surface area contributed by atoms with Crippen molar-refractivity contribution in [2.24, 2.45) is 0 Å². The van der Waals surface area contributed by atoms with Gasteiger partial charge in [-0.15, -0.1) is 0 Å². The van der Waals surface area contributed by atoms with E-state index in [1.165, 1.54) is 19.1 Å². The van der Waals surface area contributed by atoms with Gasteiger partial charge in [0.05, 0.1) is 18.7 Å². The fraction of sp³-hybridized carbons (Fsp3) is 0.222. The maximum Gasteiger partial charge on any atom is 0.335 e. The van der Waals surface area contributed by atoms with E-state index in [0.717, 1.165) is 11.3 Å². The number of methoxy groups -OCH3 is 1. The average Bonchev–Trinajstić information content (AvgIpc) is 2.84. The van der Waals surface area contributed by atoms with E-state index in [1.54, 1.807) is 53.3 Å². The van der Waals surface area contributed by atoms with Crippen molar-refractivity contribution < 1.29 is 24.2 Å². The summed E-state index contributed by atoms with van der Waals surface area (Å²) in [6.07, 6.45) is 0.496. The summed E-state index contributed by atoms with van der Waals surface area (Å²) in [6.45, 7) is 3.42. The molecule has 0 radical (unpaired) electrons. The topological polar surface area (TPSA) is 87.2 Å². The molecule has 1 aliphatic heterocycles. The Balaban J connectivity index is 1.76. The molecule has 0 spiro atoms. The number of carbonyl (C=O) groups excluding carboxylic acids is 2. The standard InChI is InChI=1S/C27H26N2O5/c1-17-15-25(29(18(2)30)21-8-6-7-20(16-21)27(32)33)23-9-4-5-10-24(23)28(17)26(31)19-11-13-22(34-3)14-12-19/h4-14,16-17,25H,15H2,1-3H3,(H,32,33)/t17-,25+/m1/s1. The molecule has 0 unspecified atom stereocenters. The van der Waals surface area contributed by atoms with Crippen LogP contribution in [0.25, 0.3) is 0 Å². The first-order chi connectivity index (χ1) is 16.3. The molecule has 3 aromatic rings. The summed E-state index contributed by atoms with van der Waals surface area (Å²) in [5.74, 6) is -0.726. The Bertz CT molecular complexity index is 1240. The number of hydrogen-bond donors (Lipinski definition) is 1. The number of carbonyl (C=O) groups is 3. The van der Waals surface area contributed by atoms with Gasteiger partial charge in [0.15, 0.2) is 0 Å². The zero-order valence-electron chi connectivity index (χ0n) is 19.3. The highest BCUT2D eigenvalue weighted by molar-refractivity contribution is 6.07. The molecule has 0 bridgehead atoms. The van der Waals surface area contributed by atoms with Gasteiger partial charge in [-0.25, -0.2) is 4.79 Å². The molecule has 0 aliphatic carbocycles. The van der Waals surface area contributed by atoms with E-state index in [9.17, 15) is 19.5 Å². The normalized spacial score (nSPS) is 17.0. The van der Waals surface area contributed by atoms with Crippen molar-refractivity contribution in [3.05, 3.63) is 89.5 Å². The molecular weight excluding hydrogens is 432 g/mol. The number of ether oxygens (including phenoxy) is 1. The second-order valence-corrected chi connectivity index (χ2v) is 8.31. The predicted molar refractivity (Wildman–Crippen MR) is 130 cm³/mol. The van der Waals surface area contributed by atoms with Crippen molar-refractivity contribution in [3.8, 4) is 5.75 Å². The van der Waals surface area contributed by atoms with Gasteiger partial charge >= 0.3 is 5.97 Å². The zero-order valence-corrected chi connectivity index (χ0v) is 19.3. The average molecular weight is 459 g/mol. The Labute approximate surface area is 198 Å². The lowest BCUT2D eigenvalue weighted by atomic mass is 9.89. The molecule has 3 aromatic carbocycles. The maximum absolute atomic E-state index is 13.5. The second kappa shape index (κ2) is 9.39. The number of hydrogen-bond acceptors (Lipinski definition) is 4. The summed E-state index contributed by atoms with van der Waals surface area (Å²) in [7, 11) is 1.58. The first-order valence-electron chi connectivity index (χ1n) is 11.0. The maximum atomic E-state index is 13.5. The van der Waals surface area contributed by atoms with Gasteiger partial charge in [-0.3, -0.25) is 9.59 Å². The van der Waals surface area contributed by atoms with Crippen LogP contribution in [0.15, 0.2) is 72.8 Å². The number of benzene rings is 3. The number of para-hydroxylation sites is 1. The molecule has 0 fully saturated rings. The molecule has 0 aromatic heterocycles. The Morgan fingerprint density at radius 3 is 2.32 bits per heavy atom. The van der Waals surface area contributed by atoms with E-state index >= 15 is 0 Å². The summed E-state index contributed by atoms with van der Waals surface area (Å²) in [5.41, 5.74) is 2.72. The fourth-order valence-corrected chi connectivity index (χ4v) is 4.58. The van der Waals surface area contributed by atoms with Gasteiger partial charge in [-0.1, -0.05) is 24.3 Å². The van der Waals surface area contributed by atoms with Gasteiger partial charge in [-0.05, 0) is 67.4 Å². The van der Waals surface area contributed by atoms with E-state index in [0.29, 0.717) is 23.4 Å². The minimum Gasteiger partial charge on any atom is -0.497 e. The largest absolute Gasteiger partial charge is 0.497 e. The first kappa shape index (κ1) is 23.0. The van der Waals surface area contributed by atoms with Gasteiger partial charge in [0.25, 0.3) is 5.91 Å². The van der Waals surface area contributed by atoms with E-state index < -0.39 is 5.97 Å². The van der Waals surface area contributed by atoms with Crippen LogP contribution in [0.5, 0.6) is 5.75 Å². The highest BCUT2D eigenvalue weighted by Crippen LogP contribution is 2.42. The predicted octanol–water partition coefficient (Wildman–Crippen LogP) is 4.93. The van der Waals surface area contributed by atoms with Crippen LogP contribution in [0.1, 0.15) is 52.6 Å². The summed E-state index contributed by atoms with van der Waals surface area (Å²) in [4.78, 5) is 41.2. The van der Waals surface area contributed by atoms with Crippen LogP contribution in [0.4, 0.5) is 11.4 Å². The molecule has 2 amide bonds. The third-order valence-electron chi connectivity index (χ3n) is 6.14. The first-order valence-corrected chi connectivity index (χ1v) is 11.0. The molecule has 1 N–H and O–H groups in total. The molecule has 174 valence electrons. The van der Waals surface area contributed by atoms with Crippen molar-refractivity contribution in [1.82, 2.24) is 0 Å². The van der Waals surface area contributed by atoms with Gasteiger partial charge in [0.1, 0.15) is 5.75 Å². The number of carboxylic acids is 1. The quantitative estimate of drug-likeness (QED) is 0.586. The van der Waals surface area contributed by atoms with Crippen molar-refractivity contribution in [2.75, 3.05) is 16.9 Å². The monoisotopic (exact) mass is 458 g/mol. The number of nitrogens with zero attached hydrogens (tertiary/aromatic N) is 2. The van der Waals surface area contributed by atoms with Crippen LogP contribution in [-0.2, 0) is 4.79 Å². The minimum atomic E-state index is -1.06. The Morgan fingerprint density at radius 1 is 0.971 bits per heavy atom.